The second kappa shape index (κ2) is 14.2. The quantitative estimate of drug-likeness (QED) is 0.333. The van der Waals surface area contributed by atoms with E-state index in [4.69, 9.17) is 27.9 Å². The van der Waals surface area contributed by atoms with Crippen molar-refractivity contribution in [2.75, 3.05) is 23.7 Å². The maximum absolute atomic E-state index is 13.5. The highest BCUT2D eigenvalue weighted by molar-refractivity contribution is 7.92. The molecule has 0 spiro atoms. The molecule has 11 heteroatoms. The lowest BCUT2D eigenvalue weighted by atomic mass is 10.1. The van der Waals surface area contributed by atoms with E-state index in [0.29, 0.717) is 28.1 Å². The Kier molecular flexibility index (Phi) is 11.3. The average Bonchev–Trinajstić information content (AvgIpc) is 3.40. The van der Waals surface area contributed by atoms with Gasteiger partial charge >= 0.3 is 0 Å². The second-order valence-corrected chi connectivity index (χ2v) is 12.5. The van der Waals surface area contributed by atoms with Gasteiger partial charge in [-0.25, -0.2) is 8.42 Å². The molecule has 1 aliphatic rings. The highest BCUT2D eigenvalue weighted by Crippen LogP contribution is 2.30. The molecule has 2 amide bonds. The maximum atomic E-state index is 13.5. The smallest absolute Gasteiger partial charge is 0.242 e. The molecule has 1 saturated carbocycles. The summed E-state index contributed by atoms with van der Waals surface area (Å²) < 4.78 is 32.2. The minimum Gasteiger partial charge on any atom is -0.492 e. The summed E-state index contributed by atoms with van der Waals surface area (Å²) in [6.45, 7) is 4.17. The van der Waals surface area contributed by atoms with Gasteiger partial charge in [0.05, 0.1) is 28.6 Å². The van der Waals surface area contributed by atoms with Gasteiger partial charge in [-0.3, -0.25) is 13.9 Å². The van der Waals surface area contributed by atoms with Crippen molar-refractivity contribution in [3.8, 4) is 5.75 Å². The van der Waals surface area contributed by atoms with E-state index < -0.39 is 16.1 Å². The van der Waals surface area contributed by atoms with Crippen molar-refractivity contribution in [3.63, 3.8) is 0 Å². The normalized spacial score (nSPS) is 14.6. The molecule has 0 aliphatic heterocycles. The molecule has 8 nitrogen and oxygen atoms in total. The first-order valence-corrected chi connectivity index (χ1v) is 15.8. The van der Waals surface area contributed by atoms with Gasteiger partial charge in [-0.1, -0.05) is 54.2 Å². The number of para-hydroxylation sites is 2. The number of halogens is 2. The van der Waals surface area contributed by atoms with E-state index >= 15 is 0 Å². The summed E-state index contributed by atoms with van der Waals surface area (Å²) in [5, 5.41) is 3.84. The molecule has 2 aromatic rings. The van der Waals surface area contributed by atoms with E-state index in [1.54, 1.807) is 49.4 Å². The Bertz CT molecular complexity index is 1250. The fourth-order valence-electron chi connectivity index (χ4n) is 4.73. The summed E-state index contributed by atoms with van der Waals surface area (Å²) in [6, 6.07) is 11.4. The monoisotopic (exact) mass is 597 g/mol. The molecule has 39 heavy (non-hydrogen) atoms. The predicted molar refractivity (Wildman–Crippen MR) is 156 cm³/mol. The van der Waals surface area contributed by atoms with Gasteiger partial charge in [0.1, 0.15) is 11.8 Å². The number of hydrogen-bond donors (Lipinski definition) is 1. The van der Waals surface area contributed by atoms with Crippen LogP contribution in [0.5, 0.6) is 5.75 Å². The lowest BCUT2D eigenvalue weighted by Crippen LogP contribution is -2.49. The molecule has 214 valence electrons. The molecule has 0 aromatic heterocycles. The first-order chi connectivity index (χ1) is 18.5. The number of rotatable bonds is 13. The molecule has 0 bridgehead atoms. The molecular weight excluding hydrogens is 561 g/mol. The number of benzene rings is 2. The van der Waals surface area contributed by atoms with Crippen LogP contribution in [-0.2, 0) is 26.2 Å². The van der Waals surface area contributed by atoms with Crippen molar-refractivity contribution in [1.82, 2.24) is 10.2 Å². The van der Waals surface area contributed by atoms with E-state index in [1.165, 1.54) is 9.21 Å². The standard InChI is InChI=1S/C28H37Cl2N3O5S/c1-4-38-26-13-8-7-12-25(26)33(39(3,36)37)17-9-14-27(34)32(19-21-15-16-23(29)24(30)18-21)20(2)28(35)31-22-10-5-6-11-22/h7-8,12-13,15-16,18,20,22H,4-6,9-11,14,17,19H2,1-3H3,(H,31,35)/t20-/m0/s1. The Morgan fingerprint density at radius 3 is 2.44 bits per heavy atom. The Hall–Kier alpha value is -2.49. The molecule has 3 rings (SSSR count). The van der Waals surface area contributed by atoms with Crippen molar-refractivity contribution in [2.45, 2.75) is 71.0 Å². The van der Waals surface area contributed by atoms with Crippen molar-refractivity contribution in [3.05, 3.63) is 58.1 Å². The lowest BCUT2D eigenvalue weighted by Gasteiger charge is -2.30. The fraction of sp³-hybridized carbons (Fsp3) is 0.500. The predicted octanol–water partition coefficient (Wildman–Crippen LogP) is 5.41. The molecule has 1 N–H and O–H groups in total. The molecule has 0 heterocycles. The summed E-state index contributed by atoms with van der Waals surface area (Å²) in [4.78, 5) is 28.1. The van der Waals surface area contributed by atoms with Crippen LogP contribution in [0.15, 0.2) is 42.5 Å². The molecule has 0 radical (unpaired) electrons. The van der Waals surface area contributed by atoms with E-state index in [9.17, 15) is 18.0 Å². The van der Waals surface area contributed by atoms with Gasteiger partial charge in [0.2, 0.25) is 21.8 Å². The zero-order chi connectivity index (χ0) is 28.6. The first kappa shape index (κ1) is 31.0. The number of amides is 2. The van der Waals surface area contributed by atoms with Gasteiger partial charge in [0.25, 0.3) is 0 Å². The molecule has 2 aromatic carbocycles. The van der Waals surface area contributed by atoms with Crippen LogP contribution in [-0.4, -0.2) is 56.6 Å². The number of sulfonamides is 1. The number of carbonyl (C=O) groups excluding carboxylic acids is 2. The lowest BCUT2D eigenvalue weighted by molar-refractivity contribution is -0.141. The van der Waals surface area contributed by atoms with Crippen LogP contribution < -0.4 is 14.4 Å². The van der Waals surface area contributed by atoms with Gasteiger partial charge in [-0.15, -0.1) is 0 Å². The summed E-state index contributed by atoms with van der Waals surface area (Å²) in [5.74, 6) is -0.0180. The second-order valence-electron chi connectivity index (χ2n) is 9.78. The van der Waals surface area contributed by atoms with Crippen LogP contribution in [0, 0.1) is 0 Å². The van der Waals surface area contributed by atoms with Crippen LogP contribution in [0.3, 0.4) is 0 Å². The summed E-state index contributed by atoms with van der Waals surface area (Å²) in [7, 11) is -3.64. The summed E-state index contributed by atoms with van der Waals surface area (Å²) in [6.07, 6.45) is 5.45. The minimum absolute atomic E-state index is 0.0468. The highest BCUT2D eigenvalue weighted by atomic mass is 35.5. The van der Waals surface area contributed by atoms with E-state index in [0.717, 1.165) is 37.5 Å². The van der Waals surface area contributed by atoms with Gasteiger partial charge < -0.3 is 15.0 Å². The molecule has 1 fully saturated rings. The number of nitrogens with zero attached hydrogens (tertiary/aromatic N) is 2. The molecular formula is C28H37Cl2N3O5S. The minimum atomic E-state index is -3.64. The Balaban J connectivity index is 1.76. The zero-order valence-corrected chi connectivity index (χ0v) is 25.0. The van der Waals surface area contributed by atoms with Gasteiger partial charge in [0.15, 0.2) is 0 Å². The number of hydrogen-bond acceptors (Lipinski definition) is 5. The van der Waals surface area contributed by atoms with Crippen LogP contribution in [0.4, 0.5) is 5.69 Å². The van der Waals surface area contributed by atoms with Crippen LogP contribution in [0.25, 0.3) is 0 Å². The van der Waals surface area contributed by atoms with Crippen molar-refractivity contribution in [2.24, 2.45) is 0 Å². The number of ether oxygens (including phenoxy) is 1. The van der Waals surface area contributed by atoms with Gasteiger partial charge in [0, 0.05) is 25.6 Å². The van der Waals surface area contributed by atoms with Gasteiger partial charge in [-0.2, -0.15) is 0 Å². The van der Waals surface area contributed by atoms with E-state index in [2.05, 4.69) is 5.32 Å². The Labute approximate surface area is 241 Å². The van der Waals surface area contributed by atoms with Crippen LogP contribution >= 0.6 is 23.2 Å². The van der Waals surface area contributed by atoms with Crippen molar-refractivity contribution >= 4 is 50.7 Å². The number of nitrogens with one attached hydrogen (secondary N) is 1. The first-order valence-electron chi connectivity index (χ1n) is 13.2. The molecule has 1 aliphatic carbocycles. The van der Waals surface area contributed by atoms with Gasteiger partial charge in [-0.05, 0) is 62.9 Å². The largest absolute Gasteiger partial charge is 0.492 e. The van der Waals surface area contributed by atoms with E-state index in [1.807, 2.05) is 6.92 Å². The third-order valence-corrected chi connectivity index (χ3v) is 8.71. The maximum Gasteiger partial charge on any atom is 0.242 e. The fourth-order valence-corrected chi connectivity index (χ4v) is 6.02. The molecule has 0 unspecified atom stereocenters. The number of carbonyl (C=O) groups is 2. The van der Waals surface area contributed by atoms with Crippen LogP contribution in [0.1, 0.15) is 57.9 Å². The number of anilines is 1. The zero-order valence-electron chi connectivity index (χ0n) is 22.7. The average molecular weight is 599 g/mol. The topological polar surface area (TPSA) is 96.0 Å². The summed E-state index contributed by atoms with van der Waals surface area (Å²) >= 11 is 12.3. The van der Waals surface area contributed by atoms with Crippen molar-refractivity contribution < 1.29 is 22.7 Å². The van der Waals surface area contributed by atoms with E-state index in [-0.39, 0.29) is 43.8 Å². The Morgan fingerprint density at radius 2 is 1.79 bits per heavy atom. The highest BCUT2D eigenvalue weighted by Gasteiger charge is 2.29. The van der Waals surface area contributed by atoms with Crippen LogP contribution in [0.2, 0.25) is 10.0 Å². The SMILES string of the molecule is CCOc1ccccc1N(CCCC(=O)N(Cc1ccc(Cl)c(Cl)c1)[C@@H](C)C(=O)NC1CCCC1)S(C)(=O)=O. The third-order valence-electron chi connectivity index (χ3n) is 6.79. The van der Waals surface area contributed by atoms with Crippen molar-refractivity contribution in [1.29, 1.82) is 0 Å². The molecule has 1 atom stereocenters. The Morgan fingerprint density at radius 1 is 1.10 bits per heavy atom. The molecule has 0 saturated heterocycles. The third kappa shape index (κ3) is 8.75. The summed E-state index contributed by atoms with van der Waals surface area (Å²) in [5.41, 5.74) is 1.16.